The summed E-state index contributed by atoms with van der Waals surface area (Å²) >= 11 is 0. The number of alkyl halides is 3. The van der Waals surface area contributed by atoms with Gasteiger partial charge in [0.15, 0.2) is 5.69 Å². The van der Waals surface area contributed by atoms with Crippen LogP contribution >= 0.6 is 0 Å². The third-order valence-corrected chi connectivity index (χ3v) is 3.59. The number of aromatic carboxylic acids is 1. The number of carboxylic acids is 2. The van der Waals surface area contributed by atoms with Crippen molar-refractivity contribution in [3.8, 4) is 0 Å². The number of carbonyl (C=O) groups excluding carboxylic acids is 1. The molecule has 1 aromatic heterocycles. The second kappa shape index (κ2) is 7.89. The first-order chi connectivity index (χ1) is 12.6. The second-order valence-corrected chi connectivity index (χ2v) is 5.60. The minimum atomic E-state index is -4.63. The molecule has 0 aliphatic carbocycles. The molecular weight excluding hydrogens is 371 g/mol. The Hall–Kier alpha value is -3.37. The molecular formula is C16H14F3N3O5. The van der Waals surface area contributed by atoms with Gasteiger partial charge in [-0.1, -0.05) is 18.2 Å². The van der Waals surface area contributed by atoms with Crippen molar-refractivity contribution in [2.45, 2.75) is 25.1 Å². The number of nitrogens with zero attached hydrogens (tertiary/aromatic N) is 1. The van der Waals surface area contributed by atoms with Crippen molar-refractivity contribution in [1.82, 2.24) is 15.5 Å². The predicted octanol–water partition coefficient (Wildman–Crippen LogP) is 1.94. The van der Waals surface area contributed by atoms with E-state index in [1.165, 1.54) is 18.2 Å². The number of hydrogen-bond acceptors (Lipinski definition) is 4. The zero-order chi connectivity index (χ0) is 20.2. The van der Waals surface area contributed by atoms with Crippen LogP contribution < -0.4 is 5.32 Å². The number of benzene rings is 1. The van der Waals surface area contributed by atoms with Crippen LogP contribution in [0.25, 0.3) is 0 Å². The maximum atomic E-state index is 13.1. The van der Waals surface area contributed by atoms with Gasteiger partial charge in [-0.2, -0.15) is 18.3 Å². The standard InChI is InChI=1S/C16H14F3N3O5/c17-16(18,19)10-4-2-1-3-8(10)5-9(6-13(23)24)20-14(25)11-7-12(15(26)27)22-21-11/h1-4,7,9H,5-6H2,(H,20,25)(H,21,22)(H,23,24)(H,26,27)/t9-/m1/s1. The van der Waals surface area contributed by atoms with E-state index in [-0.39, 0.29) is 23.4 Å². The summed E-state index contributed by atoms with van der Waals surface area (Å²) in [6, 6.07) is 4.40. The van der Waals surface area contributed by atoms with Crippen LogP contribution in [0.3, 0.4) is 0 Å². The Kier molecular flexibility index (Phi) is 5.83. The first-order valence-corrected chi connectivity index (χ1v) is 7.54. The van der Waals surface area contributed by atoms with Gasteiger partial charge in [0, 0.05) is 12.1 Å². The maximum Gasteiger partial charge on any atom is 0.416 e. The molecule has 8 nitrogen and oxygen atoms in total. The lowest BCUT2D eigenvalue weighted by atomic mass is 9.98. The van der Waals surface area contributed by atoms with Crippen LogP contribution in [0.5, 0.6) is 0 Å². The first kappa shape index (κ1) is 19.9. The van der Waals surface area contributed by atoms with Gasteiger partial charge in [-0.15, -0.1) is 0 Å². The molecule has 144 valence electrons. The van der Waals surface area contributed by atoms with E-state index in [9.17, 15) is 27.6 Å². The number of aliphatic carboxylic acids is 1. The molecule has 1 heterocycles. The highest BCUT2D eigenvalue weighted by molar-refractivity contribution is 5.95. The Morgan fingerprint density at radius 1 is 1.19 bits per heavy atom. The minimum absolute atomic E-state index is 0.176. The third-order valence-electron chi connectivity index (χ3n) is 3.59. The van der Waals surface area contributed by atoms with Gasteiger partial charge in [-0.25, -0.2) is 4.79 Å². The van der Waals surface area contributed by atoms with Crippen LogP contribution in [0.2, 0.25) is 0 Å². The van der Waals surface area contributed by atoms with E-state index in [0.717, 1.165) is 12.1 Å². The molecule has 11 heteroatoms. The van der Waals surface area contributed by atoms with Gasteiger partial charge < -0.3 is 15.5 Å². The molecule has 1 atom stereocenters. The zero-order valence-corrected chi connectivity index (χ0v) is 13.6. The highest BCUT2D eigenvalue weighted by Crippen LogP contribution is 2.32. The Bertz CT molecular complexity index is 863. The fourth-order valence-corrected chi connectivity index (χ4v) is 2.43. The number of hydrogen-bond donors (Lipinski definition) is 4. The zero-order valence-electron chi connectivity index (χ0n) is 13.6. The monoisotopic (exact) mass is 385 g/mol. The molecule has 0 aliphatic rings. The normalized spacial score (nSPS) is 12.4. The number of H-pyrrole nitrogens is 1. The van der Waals surface area contributed by atoms with Gasteiger partial charge in [0.05, 0.1) is 12.0 Å². The van der Waals surface area contributed by atoms with Gasteiger partial charge in [0.25, 0.3) is 5.91 Å². The summed E-state index contributed by atoms with van der Waals surface area (Å²) in [6.07, 6.45) is -5.65. The van der Waals surface area contributed by atoms with Gasteiger partial charge >= 0.3 is 18.1 Å². The largest absolute Gasteiger partial charge is 0.481 e. The molecule has 1 aromatic carbocycles. The summed E-state index contributed by atoms with van der Waals surface area (Å²) in [5, 5.41) is 25.6. The summed E-state index contributed by atoms with van der Waals surface area (Å²) in [4.78, 5) is 34.0. The molecule has 1 amide bonds. The SMILES string of the molecule is O=C(O)C[C@@H](Cc1ccccc1C(F)(F)F)NC(=O)c1cc(C(=O)O)[nH]n1. The lowest BCUT2D eigenvalue weighted by molar-refractivity contribution is -0.138. The molecule has 0 saturated carbocycles. The molecule has 4 N–H and O–H groups in total. The van der Waals surface area contributed by atoms with Gasteiger partial charge in [0.1, 0.15) is 5.69 Å². The molecule has 2 aromatic rings. The maximum absolute atomic E-state index is 13.1. The summed E-state index contributed by atoms with van der Waals surface area (Å²) < 4.78 is 39.3. The summed E-state index contributed by atoms with van der Waals surface area (Å²) in [5.74, 6) is -3.59. The van der Waals surface area contributed by atoms with Gasteiger partial charge in [-0.05, 0) is 18.1 Å². The number of nitrogens with one attached hydrogen (secondary N) is 2. The average Bonchev–Trinajstić information content (AvgIpc) is 3.04. The molecule has 0 saturated heterocycles. The van der Waals surface area contributed by atoms with Crippen LogP contribution in [0.4, 0.5) is 13.2 Å². The Morgan fingerprint density at radius 2 is 1.85 bits per heavy atom. The number of aromatic nitrogens is 2. The van der Waals surface area contributed by atoms with E-state index in [2.05, 4.69) is 15.5 Å². The highest BCUT2D eigenvalue weighted by atomic mass is 19.4. The predicted molar refractivity (Wildman–Crippen MR) is 84.2 cm³/mol. The number of halogens is 3. The van der Waals surface area contributed by atoms with E-state index in [1.54, 1.807) is 0 Å². The van der Waals surface area contributed by atoms with Gasteiger partial charge in [0.2, 0.25) is 0 Å². The van der Waals surface area contributed by atoms with Gasteiger partial charge in [-0.3, -0.25) is 14.7 Å². The van der Waals surface area contributed by atoms with Crippen molar-refractivity contribution in [1.29, 1.82) is 0 Å². The van der Waals surface area contributed by atoms with Crippen LogP contribution in [0.15, 0.2) is 30.3 Å². The van der Waals surface area contributed by atoms with Crippen molar-refractivity contribution in [3.05, 3.63) is 52.8 Å². The molecule has 0 spiro atoms. The molecule has 0 radical (unpaired) electrons. The van der Waals surface area contributed by atoms with E-state index < -0.39 is 42.0 Å². The van der Waals surface area contributed by atoms with E-state index in [4.69, 9.17) is 10.2 Å². The number of aromatic amines is 1. The fourth-order valence-electron chi connectivity index (χ4n) is 2.43. The fraction of sp³-hybridized carbons (Fsp3) is 0.250. The number of carboxylic acid groups (broad SMARTS) is 2. The van der Waals surface area contributed by atoms with Crippen molar-refractivity contribution < 1.29 is 37.8 Å². The van der Waals surface area contributed by atoms with Crippen molar-refractivity contribution in [2.75, 3.05) is 0 Å². The van der Waals surface area contributed by atoms with E-state index in [1.807, 2.05) is 0 Å². The Balaban J connectivity index is 2.22. The Morgan fingerprint density at radius 3 is 2.41 bits per heavy atom. The minimum Gasteiger partial charge on any atom is -0.481 e. The molecule has 27 heavy (non-hydrogen) atoms. The van der Waals surface area contributed by atoms with Crippen molar-refractivity contribution in [2.24, 2.45) is 0 Å². The molecule has 2 rings (SSSR count). The average molecular weight is 385 g/mol. The molecule has 0 unspecified atom stereocenters. The summed E-state index contributed by atoms with van der Waals surface area (Å²) in [6.45, 7) is 0. The number of carbonyl (C=O) groups is 3. The lowest BCUT2D eigenvalue weighted by Crippen LogP contribution is -2.38. The molecule has 0 bridgehead atoms. The first-order valence-electron chi connectivity index (χ1n) is 7.54. The molecule has 0 fully saturated rings. The lowest BCUT2D eigenvalue weighted by Gasteiger charge is -2.19. The quantitative estimate of drug-likeness (QED) is 0.576. The van der Waals surface area contributed by atoms with Crippen LogP contribution in [-0.4, -0.2) is 44.3 Å². The topological polar surface area (TPSA) is 132 Å². The second-order valence-electron chi connectivity index (χ2n) is 5.60. The molecule has 0 aliphatic heterocycles. The summed E-state index contributed by atoms with van der Waals surface area (Å²) in [5.41, 5.74) is -1.79. The number of rotatable bonds is 7. The van der Waals surface area contributed by atoms with Crippen LogP contribution in [0, 0.1) is 0 Å². The van der Waals surface area contributed by atoms with E-state index in [0.29, 0.717) is 0 Å². The smallest absolute Gasteiger partial charge is 0.416 e. The third kappa shape index (κ3) is 5.30. The van der Waals surface area contributed by atoms with E-state index >= 15 is 0 Å². The Labute approximate surface area is 150 Å². The van der Waals surface area contributed by atoms with Crippen LogP contribution in [0.1, 0.15) is 38.5 Å². The number of amides is 1. The van der Waals surface area contributed by atoms with Crippen molar-refractivity contribution in [3.63, 3.8) is 0 Å². The highest BCUT2D eigenvalue weighted by Gasteiger charge is 2.33. The van der Waals surface area contributed by atoms with Crippen LogP contribution in [-0.2, 0) is 17.4 Å². The van der Waals surface area contributed by atoms with Crippen molar-refractivity contribution >= 4 is 17.8 Å². The summed E-state index contributed by atoms with van der Waals surface area (Å²) in [7, 11) is 0.